The highest BCUT2D eigenvalue weighted by Gasteiger charge is 2.47. The molecular formula is C22H16Cl6N2O5. The number of esters is 1. The van der Waals surface area contributed by atoms with Crippen LogP contribution < -0.4 is 5.32 Å². The molecule has 0 saturated heterocycles. The van der Waals surface area contributed by atoms with Gasteiger partial charge in [-0.05, 0) is 24.5 Å². The number of carbonyl (C=O) groups is 4. The lowest BCUT2D eigenvalue weighted by Crippen LogP contribution is -2.47. The Balaban J connectivity index is 1.83. The van der Waals surface area contributed by atoms with Crippen molar-refractivity contribution >= 4 is 99.0 Å². The van der Waals surface area contributed by atoms with E-state index in [2.05, 4.69) is 5.32 Å². The van der Waals surface area contributed by atoms with E-state index in [0.717, 1.165) is 0 Å². The van der Waals surface area contributed by atoms with E-state index in [-0.39, 0.29) is 59.3 Å². The molecule has 0 saturated carbocycles. The molecule has 13 heteroatoms. The zero-order chi connectivity index (χ0) is 26.2. The Morgan fingerprint density at radius 3 is 1.94 bits per heavy atom. The number of rotatable bonds is 7. The van der Waals surface area contributed by atoms with Gasteiger partial charge >= 0.3 is 5.97 Å². The van der Waals surface area contributed by atoms with Crippen LogP contribution in [0.15, 0.2) is 18.2 Å². The molecule has 1 heterocycles. The quantitative estimate of drug-likeness (QED) is 0.163. The van der Waals surface area contributed by atoms with Gasteiger partial charge in [-0.25, -0.2) is 4.79 Å². The van der Waals surface area contributed by atoms with Crippen LogP contribution in [0.3, 0.4) is 0 Å². The molecular weight excluding hydrogens is 585 g/mol. The predicted octanol–water partition coefficient (Wildman–Crippen LogP) is 6.80. The number of amides is 3. The summed E-state index contributed by atoms with van der Waals surface area (Å²) in [6.07, 6.45) is 0.0444. The van der Waals surface area contributed by atoms with Crippen molar-refractivity contribution in [2.75, 3.05) is 11.9 Å². The van der Waals surface area contributed by atoms with E-state index in [1.807, 2.05) is 0 Å². The number of anilines is 1. The van der Waals surface area contributed by atoms with Gasteiger partial charge in [-0.1, -0.05) is 89.5 Å². The summed E-state index contributed by atoms with van der Waals surface area (Å²) in [4.78, 5) is 52.3. The summed E-state index contributed by atoms with van der Waals surface area (Å²) < 4.78 is 5.13. The van der Waals surface area contributed by atoms with Crippen LogP contribution in [-0.2, 0) is 14.3 Å². The Labute approximate surface area is 230 Å². The number of hydrogen-bond acceptors (Lipinski definition) is 5. The predicted molar refractivity (Wildman–Crippen MR) is 136 cm³/mol. The van der Waals surface area contributed by atoms with Crippen molar-refractivity contribution in [2.45, 2.75) is 26.3 Å². The molecule has 0 spiro atoms. The van der Waals surface area contributed by atoms with Crippen molar-refractivity contribution in [1.82, 2.24) is 4.90 Å². The van der Waals surface area contributed by atoms with Gasteiger partial charge in [-0.15, -0.1) is 0 Å². The van der Waals surface area contributed by atoms with Crippen LogP contribution in [0.4, 0.5) is 5.69 Å². The Morgan fingerprint density at radius 1 is 0.886 bits per heavy atom. The molecule has 1 aliphatic heterocycles. The number of nitrogens with zero attached hydrogens (tertiary/aromatic N) is 1. The standard InChI is InChI=1S/C22H16Cl6N2O5/c1-8(2)6-11(22(34)35-7-12(31)29-10-5-3-4-9(23)15(10)24)30-20(32)13-14(21(30)33)17(26)19(28)18(27)16(13)25/h3-5,8,11H,6-7H2,1-2H3,(H,29,31)/t11-/m0/s1. The van der Waals surface area contributed by atoms with E-state index in [9.17, 15) is 19.2 Å². The van der Waals surface area contributed by atoms with Crippen LogP contribution in [-0.4, -0.2) is 41.2 Å². The highest BCUT2D eigenvalue weighted by atomic mass is 35.5. The first-order chi connectivity index (χ1) is 16.4. The summed E-state index contributed by atoms with van der Waals surface area (Å²) >= 11 is 36.4. The number of fused-ring (bicyclic) bond motifs is 1. The van der Waals surface area contributed by atoms with Crippen molar-refractivity contribution in [1.29, 1.82) is 0 Å². The molecule has 1 atom stereocenters. The average Bonchev–Trinajstić information content (AvgIpc) is 3.06. The number of nitrogens with one attached hydrogen (secondary N) is 1. The van der Waals surface area contributed by atoms with Crippen molar-refractivity contribution < 1.29 is 23.9 Å². The topological polar surface area (TPSA) is 92.8 Å². The molecule has 1 N–H and O–H groups in total. The molecule has 0 unspecified atom stereocenters. The molecule has 3 rings (SSSR count). The minimum Gasteiger partial charge on any atom is -0.454 e. The van der Waals surface area contributed by atoms with E-state index in [1.165, 1.54) is 12.1 Å². The van der Waals surface area contributed by atoms with Gasteiger partial charge in [0.2, 0.25) is 0 Å². The molecule has 7 nitrogen and oxygen atoms in total. The van der Waals surface area contributed by atoms with Crippen molar-refractivity contribution in [3.05, 3.63) is 59.5 Å². The zero-order valence-corrected chi connectivity index (χ0v) is 22.6. The van der Waals surface area contributed by atoms with Crippen LogP contribution in [0.2, 0.25) is 30.1 Å². The van der Waals surface area contributed by atoms with E-state index >= 15 is 0 Å². The highest BCUT2D eigenvalue weighted by molar-refractivity contribution is 6.55. The minimum absolute atomic E-state index is 0.0444. The largest absolute Gasteiger partial charge is 0.454 e. The summed E-state index contributed by atoms with van der Waals surface area (Å²) in [6.45, 7) is 2.85. The van der Waals surface area contributed by atoms with Gasteiger partial charge in [0.05, 0.1) is 47.0 Å². The molecule has 35 heavy (non-hydrogen) atoms. The van der Waals surface area contributed by atoms with Crippen LogP contribution in [0.1, 0.15) is 41.0 Å². The molecule has 186 valence electrons. The molecule has 0 bridgehead atoms. The Hall–Kier alpha value is -1.74. The fraction of sp³-hybridized carbons (Fsp3) is 0.273. The third-order valence-corrected chi connectivity index (χ3v) is 7.60. The minimum atomic E-state index is -1.37. The van der Waals surface area contributed by atoms with Crippen LogP contribution in [0.5, 0.6) is 0 Å². The maximum Gasteiger partial charge on any atom is 0.329 e. The molecule has 2 aromatic carbocycles. The average molecular weight is 601 g/mol. The van der Waals surface area contributed by atoms with Gasteiger partial charge in [-0.3, -0.25) is 19.3 Å². The number of imide groups is 1. The van der Waals surface area contributed by atoms with Crippen LogP contribution in [0, 0.1) is 5.92 Å². The SMILES string of the molecule is CC(C)C[C@@H](C(=O)OCC(=O)Nc1cccc(Cl)c1Cl)N1C(=O)c2c(Cl)c(Cl)c(Cl)c(Cl)c2C1=O. The Bertz CT molecular complexity index is 1200. The smallest absolute Gasteiger partial charge is 0.329 e. The van der Waals surface area contributed by atoms with Gasteiger partial charge in [0, 0.05) is 0 Å². The number of carbonyl (C=O) groups excluding carboxylic acids is 4. The first-order valence-corrected chi connectivity index (χ1v) is 12.3. The summed E-state index contributed by atoms with van der Waals surface area (Å²) in [5.74, 6) is -3.60. The summed E-state index contributed by atoms with van der Waals surface area (Å²) in [6, 6.07) is 3.26. The van der Waals surface area contributed by atoms with Gasteiger partial charge in [0.15, 0.2) is 6.61 Å². The molecule has 0 fully saturated rings. The third kappa shape index (κ3) is 5.50. The Kier molecular flexibility index (Phi) is 8.84. The van der Waals surface area contributed by atoms with Gasteiger partial charge in [0.1, 0.15) is 6.04 Å². The molecule has 0 aromatic heterocycles. The maximum atomic E-state index is 13.2. The Morgan fingerprint density at radius 2 is 1.43 bits per heavy atom. The van der Waals surface area contributed by atoms with Gasteiger partial charge in [-0.2, -0.15) is 0 Å². The van der Waals surface area contributed by atoms with Crippen LogP contribution >= 0.6 is 69.6 Å². The summed E-state index contributed by atoms with van der Waals surface area (Å²) in [7, 11) is 0. The number of ether oxygens (including phenoxy) is 1. The van der Waals surface area contributed by atoms with Crippen molar-refractivity contribution in [2.24, 2.45) is 5.92 Å². The van der Waals surface area contributed by atoms with Crippen LogP contribution in [0.25, 0.3) is 0 Å². The molecule has 2 aromatic rings. The first-order valence-electron chi connectivity index (χ1n) is 10.0. The van der Waals surface area contributed by atoms with E-state index < -0.39 is 36.3 Å². The third-order valence-electron chi connectivity index (χ3n) is 4.98. The normalized spacial score (nSPS) is 13.8. The molecule has 0 aliphatic carbocycles. The monoisotopic (exact) mass is 598 g/mol. The maximum absolute atomic E-state index is 13.2. The number of hydrogen-bond donors (Lipinski definition) is 1. The molecule has 1 aliphatic rings. The fourth-order valence-corrected chi connectivity index (χ4v) is 4.78. The zero-order valence-electron chi connectivity index (χ0n) is 18.1. The molecule has 3 amide bonds. The lowest BCUT2D eigenvalue weighted by Gasteiger charge is -2.26. The summed E-state index contributed by atoms with van der Waals surface area (Å²) in [5, 5.41) is 1.90. The second-order valence-electron chi connectivity index (χ2n) is 7.89. The van der Waals surface area contributed by atoms with Crippen molar-refractivity contribution in [3.63, 3.8) is 0 Å². The first kappa shape index (κ1) is 27.8. The lowest BCUT2D eigenvalue weighted by atomic mass is 10.0. The summed E-state index contributed by atoms with van der Waals surface area (Å²) in [5.41, 5.74) is -0.297. The fourth-order valence-electron chi connectivity index (χ4n) is 3.42. The van der Waals surface area contributed by atoms with E-state index in [4.69, 9.17) is 74.3 Å². The second kappa shape index (κ2) is 11.1. The van der Waals surface area contributed by atoms with Gasteiger partial charge < -0.3 is 10.1 Å². The lowest BCUT2D eigenvalue weighted by molar-refractivity contribution is -0.151. The number of halogens is 6. The van der Waals surface area contributed by atoms with E-state index in [0.29, 0.717) is 4.90 Å². The second-order valence-corrected chi connectivity index (χ2v) is 10.2. The number of benzene rings is 2. The van der Waals surface area contributed by atoms with Gasteiger partial charge in [0.25, 0.3) is 17.7 Å². The van der Waals surface area contributed by atoms with E-state index in [1.54, 1.807) is 19.9 Å². The highest BCUT2D eigenvalue weighted by Crippen LogP contribution is 2.45. The molecule has 0 radical (unpaired) electrons. The van der Waals surface area contributed by atoms with Crippen molar-refractivity contribution in [3.8, 4) is 0 Å².